The first-order valence-corrected chi connectivity index (χ1v) is 7.47. The fourth-order valence-electron chi connectivity index (χ4n) is 2.13. The molecule has 18 heavy (non-hydrogen) atoms. The molecule has 0 aromatic heterocycles. The third kappa shape index (κ3) is 3.13. The highest BCUT2D eigenvalue weighted by atomic mass is 35.5. The summed E-state index contributed by atoms with van der Waals surface area (Å²) in [6, 6.07) is 7.82. The van der Waals surface area contributed by atoms with Crippen LogP contribution in [0.4, 0.5) is 5.69 Å². The number of hydrogen-bond donors (Lipinski definition) is 0. The molecule has 0 aliphatic carbocycles. The molecule has 96 valence electrons. The van der Waals surface area contributed by atoms with Crippen LogP contribution >= 0.6 is 23.4 Å². The Labute approximate surface area is 118 Å². The molecule has 1 heterocycles. The molecule has 0 N–H and O–H groups in total. The van der Waals surface area contributed by atoms with Gasteiger partial charge in [-0.1, -0.05) is 25.4 Å². The fourth-order valence-corrected chi connectivity index (χ4v) is 3.41. The minimum absolute atomic E-state index is 0.327. The molecule has 0 spiro atoms. The van der Waals surface area contributed by atoms with Gasteiger partial charge >= 0.3 is 0 Å². The van der Waals surface area contributed by atoms with Gasteiger partial charge in [0.2, 0.25) is 0 Å². The summed E-state index contributed by atoms with van der Waals surface area (Å²) in [5.74, 6) is 1.10. The molecule has 1 aliphatic heterocycles. The third-order valence-corrected chi connectivity index (χ3v) is 4.86. The van der Waals surface area contributed by atoms with Crippen molar-refractivity contribution >= 4 is 29.1 Å². The monoisotopic (exact) mass is 280 g/mol. The van der Waals surface area contributed by atoms with Gasteiger partial charge in [-0.2, -0.15) is 17.0 Å². The Hall–Kier alpha value is -0.850. The summed E-state index contributed by atoms with van der Waals surface area (Å²) in [5.41, 5.74) is 1.69. The summed E-state index contributed by atoms with van der Waals surface area (Å²) in [6.07, 6.45) is 1.13. The van der Waals surface area contributed by atoms with Gasteiger partial charge in [0.15, 0.2) is 0 Å². The van der Waals surface area contributed by atoms with Crippen LogP contribution in [0.1, 0.15) is 25.8 Å². The van der Waals surface area contributed by atoms with E-state index in [0.717, 1.165) is 31.0 Å². The molecule has 0 radical (unpaired) electrons. The SMILES string of the molecule is CC1(C)CCN(c2ccc(Cl)cc2C#N)CCS1. The predicted molar refractivity (Wildman–Crippen MR) is 79.5 cm³/mol. The summed E-state index contributed by atoms with van der Waals surface area (Å²) in [6.45, 7) is 6.56. The number of benzene rings is 1. The van der Waals surface area contributed by atoms with E-state index in [9.17, 15) is 5.26 Å². The van der Waals surface area contributed by atoms with Crippen LogP contribution in [0.15, 0.2) is 18.2 Å². The van der Waals surface area contributed by atoms with Gasteiger partial charge in [-0.15, -0.1) is 0 Å². The molecule has 1 saturated heterocycles. The van der Waals surface area contributed by atoms with Crippen molar-refractivity contribution in [2.45, 2.75) is 25.0 Å². The zero-order chi connectivity index (χ0) is 13.2. The van der Waals surface area contributed by atoms with Crippen LogP contribution in [-0.2, 0) is 0 Å². The van der Waals surface area contributed by atoms with Crippen LogP contribution in [-0.4, -0.2) is 23.6 Å². The number of nitriles is 1. The molecule has 1 aliphatic rings. The lowest BCUT2D eigenvalue weighted by molar-refractivity contribution is 0.637. The molecule has 1 aromatic carbocycles. The maximum absolute atomic E-state index is 9.21. The van der Waals surface area contributed by atoms with Crippen LogP contribution in [0.25, 0.3) is 0 Å². The Bertz CT molecular complexity index is 479. The van der Waals surface area contributed by atoms with Crippen molar-refractivity contribution in [3.05, 3.63) is 28.8 Å². The molecule has 2 rings (SSSR count). The van der Waals surface area contributed by atoms with Gasteiger partial charge in [0.25, 0.3) is 0 Å². The van der Waals surface area contributed by atoms with Crippen LogP contribution in [0.5, 0.6) is 0 Å². The molecule has 0 amide bonds. The largest absolute Gasteiger partial charge is 0.370 e. The lowest BCUT2D eigenvalue weighted by Gasteiger charge is -2.25. The molecule has 1 aromatic rings. The van der Waals surface area contributed by atoms with Crippen molar-refractivity contribution in [1.82, 2.24) is 0 Å². The summed E-state index contributed by atoms with van der Waals surface area (Å²) < 4.78 is 0.327. The summed E-state index contributed by atoms with van der Waals surface area (Å²) in [7, 11) is 0. The fraction of sp³-hybridized carbons (Fsp3) is 0.500. The van der Waals surface area contributed by atoms with E-state index in [1.807, 2.05) is 23.9 Å². The number of rotatable bonds is 1. The van der Waals surface area contributed by atoms with Gasteiger partial charge in [0.05, 0.1) is 11.3 Å². The molecule has 0 bridgehead atoms. The number of nitrogens with zero attached hydrogens (tertiary/aromatic N) is 2. The number of halogens is 1. The minimum atomic E-state index is 0.327. The third-order valence-electron chi connectivity index (χ3n) is 3.26. The zero-order valence-corrected chi connectivity index (χ0v) is 12.3. The molecular weight excluding hydrogens is 264 g/mol. The Morgan fingerprint density at radius 3 is 2.89 bits per heavy atom. The highest BCUT2D eigenvalue weighted by Crippen LogP contribution is 2.33. The average Bonchev–Trinajstić information content (AvgIpc) is 2.50. The van der Waals surface area contributed by atoms with E-state index in [2.05, 4.69) is 24.8 Å². The standard InChI is InChI=1S/C14H17ClN2S/c1-14(2)5-6-17(7-8-18-14)13-4-3-12(15)9-11(13)10-16/h3-4,9H,5-8H2,1-2H3. The van der Waals surface area contributed by atoms with Crippen LogP contribution in [0.3, 0.4) is 0 Å². The maximum Gasteiger partial charge on any atom is 0.101 e. The first-order valence-electron chi connectivity index (χ1n) is 6.10. The van der Waals surface area contributed by atoms with Crippen LogP contribution in [0.2, 0.25) is 5.02 Å². The average molecular weight is 281 g/mol. The molecule has 0 saturated carbocycles. The lowest BCUT2D eigenvalue weighted by atomic mass is 10.1. The summed E-state index contributed by atoms with van der Waals surface area (Å²) in [4.78, 5) is 2.30. The van der Waals surface area contributed by atoms with Crippen molar-refractivity contribution in [2.24, 2.45) is 0 Å². The minimum Gasteiger partial charge on any atom is -0.370 e. The summed E-state index contributed by atoms with van der Waals surface area (Å²) >= 11 is 7.94. The topological polar surface area (TPSA) is 27.0 Å². The van der Waals surface area contributed by atoms with Crippen molar-refractivity contribution in [3.8, 4) is 6.07 Å². The van der Waals surface area contributed by atoms with E-state index < -0.39 is 0 Å². The highest BCUT2D eigenvalue weighted by molar-refractivity contribution is 8.00. The van der Waals surface area contributed by atoms with Gasteiger partial charge in [0.1, 0.15) is 6.07 Å². The van der Waals surface area contributed by atoms with E-state index in [4.69, 9.17) is 11.6 Å². The zero-order valence-electron chi connectivity index (χ0n) is 10.7. The van der Waals surface area contributed by atoms with E-state index in [1.54, 1.807) is 6.07 Å². The van der Waals surface area contributed by atoms with E-state index in [1.165, 1.54) is 0 Å². The van der Waals surface area contributed by atoms with Gasteiger partial charge in [0, 0.05) is 28.6 Å². The normalized spacial score (nSPS) is 19.1. The Morgan fingerprint density at radius 2 is 2.17 bits per heavy atom. The highest BCUT2D eigenvalue weighted by Gasteiger charge is 2.24. The van der Waals surface area contributed by atoms with Gasteiger partial charge in [-0.25, -0.2) is 0 Å². The molecule has 4 heteroatoms. The predicted octanol–water partition coefficient (Wildman–Crippen LogP) is 3.93. The smallest absolute Gasteiger partial charge is 0.101 e. The molecule has 0 atom stereocenters. The lowest BCUT2D eigenvalue weighted by Crippen LogP contribution is -2.27. The number of thioether (sulfide) groups is 1. The van der Waals surface area contributed by atoms with E-state index >= 15 is 0 Å². The Morgan fingerprint density at radius 1 is 1.39 bits per heavy atom. The quantitative estimate of drug-likeness (QED) is 0.780. The van der Waals surface area contributed by atoms with Gasteiger partial charge < -0.3 is 4.90 Å². The van der Waals surface area contributed by atoms with Crippen molar-refractivity contribution in [3.63, 3.8) is 0 Å². The van der Waals surface area contributed by atoms with Gasteiger partial charge in [-0.3, -0.25) is 0 Å². The maximum atomic E-state index is 9.21. The molecule has 1 fully saturated rings. The molecular formula is C14H17ClN2S. The summed E-state index contributed by atoms with van der Waals surface area (Å²) in [5, 5.41) is 9.83. The van der Waals surface area contributed by atoms with Crippen LogP contribution < -0.4 is 4.90 Å². The van der Waals surface area contributed by atoms with Crippen LogP contribution in [0, 0.1) is 11.3 Å². The Kier molecular flexibility index (Phi) is 4.09. The second-order valence-electron chi connectivity index (χ2n) is 5.12. The number of anilines is 1. The van der Waals surface area contributed by atoms with Crippen molar-refractivity contribution < 1.29 is 0 Å². The first-order chi connectivity index (χ1) is 8.52. The Balaban J connectivity index is 2.24. The number of hydrogen-bond acceptors (Lipinski definition) is 3. The second-order valence-corrected chi connectivity index (χ2v) is 7.36. The molecule has 2 nitrogen and oxygen atoms in total. The molecule has 0 unspecified atom stereocenters. The van der Waals surface area contributed by atoms with Gasteiger partial charge in [-0.05, 0) is 24.6 Å². The second kappa shape index (κ2) is 5.42. The van der Waals surface area contributed by atoms with Crippen molar-refractivity contribution in [1.29, 1.82) is 5.26 Å². The first kappa shape index (κ1) is 13.6. The van der Waals surface area contributed by atoms with E-state index in [-0.39, 0.29) is 0 Å². The van der Waals surface area contributed by atoms with Crippen molar-refractivity contribution in [2.75, 3.05) is 23.7 Å². The van der Waals surface area contributed by atoms with E-state index in [0.29, 0.717) is 15.3 Å².